The summed E-state index contributed by atoms with van der Waals surface area (Å²) >= 11 is 5.74. The van der Waals surface area contributed by atoms with Crippen molar-refractivity contribution in [1.82, 2.24) is 5.32 Å². The zero-order chi connectivity index (χ0) is 22.1. The number of nitrogens with one attached hydrogen (secondary N) is 1. The molecular formula is C18H17ClFN3O6S. The largest absolute Gasteiger partial charge is 0.410 e. The van der Waals surface area contributed by atoms with Crippen LogP contribution in [0.3, 0.4) is 0 Å². The van der Waals surface area contributed by atoms with Crippen molar-refractivity contribution in [1.29, 1.82) is 0 Å². The Morgan fingerprint density at radius 2 is 1.97 bits per heavy atom. The van der Waals surface area contributed by atoms with E-state index >= 15 is 0 Å². The summed E-state index contributed by atoms with van der Waals surface area (Å²) in [5.41, 5.74) is 0.653. The summed E-state index contributed by atoms with van der Waals surface area (Å²) in [6.45, 7) is -0.115. The number of sulfonamides is 1. The van der Waals surface area contributed by atoms with Crippen molar-refractivity contribution in [3.05, 3.63) is 58.9 Å². The molecule has 2 amide bonds. The van der Waals surface area contributed by atoms with E-state index in [1.807, 2.05) is 0 Å². The first-order valence-corrected chi connectivity index (χ1v) is 10.5. The maximum absolute atomic E-state index is 13.3. The third kappa shape index (κ3) is 4.87. The second-order valence-corrected chi connectivity index (χ2v) is 8.55. The Bertz CT molecular complexity index is 1080. The van der Waals surface area contributed by atoms with Crippen LogP contribution in [0.1, 0.15) is 12.0 Å². The van der Waals surface area contributed by atoms with Crippen molar-refractivity contribution in [2.45, 2.75) is 23.6 Å². The fourth-order valence-corrected chi connectivity index (χ4v) is 3.68. The lowest BCUT2D eigenvalue weighted by Crippen LogP contribution is -2.46. The fraction of sp³-hybridized carbons (Fsp3) is 0.222. The number of amides is 2. The summed E-state index contributed by atoms with van der Waals surface area (Å²) in [4.78, 5) is 25.6. The number of anilines is 1. The third-order valence-electron chi connectivity index (χ3n) is 4.35. The molecule has 9 nitrogen and oxygen atoms in total. The van der Waals surface area contributed by atoms with E-state index in [0.29, 0.717) is 11.3 Å². The minimum absolute atomic E-state index is 0.0246. The molecule has 30 heavy (non-hydrogen) atoms. The standard InChI is InChI=1S/C18H17ClFN3O6S/c19-12-7-11(8-13(20)9-12)10-22-17(25)29-18(26)5-6-23(16(18)24)14-1-3-15(4-2-14)30(21,27)28/h1-4,7-9,26H,5-6,10H2,(H,22,25)(H2,21,27,28). The van der Waals surface area contributed by atoms with E-state index in [9.17, 15) is 27.5 Å². The van der Waals surface area contributed by atoms with Crippen LogP contribution in [-0.4, -0.2) is 37.9 Å². The summed E-state index contributed by atoms with van der Waals surface area (Å²) < 4.78 is 40.9. The van der Waals surface area contributed by atoms with Gasteiger partial charge in [0.2, 0.25) is 10.0 Å². The fourth-order valence-electron chi connectivity index (χ4n) is 2.92. The van der Waals surface area contributed by atoms with Crippen LogP contribution in [0.25, 0.3) is 0 Å². The predicted molar refractivity (Wildman–Crippen MR) is 104 cm³/mol. The minimum Gasteiger partial charge on any atom is -0.407 e. The number of nitrogens with two attached hydrogens (primary N) is 1. The molecule has 2 aromatic carbocycles. The van der Waals surface area contributed by atoms with E-state index in [4.69, 9.17) is 21.5 Å². The summed E-state index contributed by atoms with van der Waals surface area (Å²) in [5, 5.41) is 17.9. The number of alkyl carbamates (subject to hydrolysis) is 1. The second-order valence-electron chi connectivity index (χ2n) is 6.55. The van der Waals surface area contributed by atoms with Crippen LogP contribution in [-0.2, 0) is 26.1 Å². The molecule has 0 aliphatic carbocycles. The van der Waals surface area contributed by atoms with E-state index in [1.165, 1.54) is 30.3 Å². The quantitative estimate of drug-likeness (QED) is 0.581. The Labute approximate surface area is 176 Å². The number of aliphatic hydroxyl groups is 1. The SMILES string of the molecule is NS(=O)(=O)c1ccc(N2CCC(O)(OC(=O)NCc3cc(F)cc(Cl)c3)C2=O)cc1. The normalized spacial score (nSPS) is 19.1. The first-order valence-electron chi connectivity index (χ1n) is 8.57. The van der Waals surface area contributed by atoms with Crippen molar-refractivity contribution in [2.75, 3.05) is 11.4 Å². The highest BCUT2D eigenvalue weighted by atomic mass is 35.5. The highest BCUT2D eigenvalue weighted by Gasteiger charge is 2.49. The van der Waals surface area contributed by atoms with E-state index in [2.05, 4.69) is 5.32 Å². The van der Waals surface area contributed by atoms with Gasteiger partial charge in [-0.1, -0.05) is 11.6 Å². The Hall–Kier alpha value is -2.73. The molecule has 0 bridgehead atoms. The number of carbonyl (C=O) groups excluding carboxylic acids is 2. The molecule has 1 saturated heterocycles. The van der Waals surface area contributed by atoms with Gasteiger partial charge in [0.05, 0.1) is 4.90 Å². The molecule has 3 rings (SSSR count). The van der Waals surface area contributed by atoms with Crippen LogP contribution in [0.4, 0.5) is 14.9 Å². The number of nitrogens with zero attached hydrogens (tertiary/aromatic N) is 1. The lowest BCUT2D eigenvalue weighted by Gasteiger charge is -2.22. The summed E-state index contributed by atoms with van der Waals surface area (Å²) in [5.74, 6) is -3.88. The Morgan fingerprint density at radius 3 is 2.57 bits per heavy atom. The molecule has 1 aliphatic heterocycles. The lowest BCUT2D eigenvalue weighted by molar-refractivity contribution is -0.175. The maximum Gasteiger partial charge on any atom is 0.410 e. The Balaban J connectivity index is 1.64. The number of halogens is 2. The average molecular weight is 458 g/mol. The van der Waals surface area contributed by atoms with Gasteiger partial charge in [-0.15, -0.1) is 0 Å². The maximum atomic E-state index is 13.3. The molecule has 1 heterocycles. The molecule has 0 spiro atoms. The number of carbonyl (C=O) groups is 2. The van der Waals surface area contributed by atoms with E-state index in [-0.39, 0.29) is 29.4 Å². The Morgan fingerprint density at radius 1 is 1.30 bits per heavy atom. The van der Waals surface area contributed by atoms with Crippen molar-refractivity contribution in [3.63, 3.8) is 0 Å². The highest BCUT2D eigenvalue weighted by molar-refractivity contribution is 7.89. The highest BCUT2D eigenvalue weighted by Crippen LogP contribution is 2.30. The topological polar surface area (TPSA) is 139 Å². The minimum atomic E-state index is -3.89. The summed E-state index contributed by atoms with van der Waals surface area (Å²) in [6, 6.07) is 8.82. The van der Waals surface area contributed by atoms with E-state index < -0.39 is 33.6 Å². The van der Waals surface area contributed by atoms with Gasteiger partial charge in [-0.3, -0.25) is 4.79 Å². The number of ether oxygens (including phenoxy) is 1. The van der Waals surface area contributed by atoms with Gasteiger partial charge in [0.15, 0.2) is 0 Å². The number of primary sulfonamides is 1. The average Bonchev–Trinajstić information content (AvgIpc) is 2.93. The number of hydrogen-bond acceptors (Lipinski definition) is 6. The van der Waals surface area contributed by atoms with Gasteiger partial charge in [-0.25, -0.2) is 22.7 Å². The predicted octanol–water partition coefficient (Wildman–Crippen LogP) is 1.48. The zero-order valence-electron chi connectivity index (χ0n) is 15.3. The number of hydrogen-bond donors (Lipinski definition) is 3. The molecule has 0 aromatic heterocycles. The third-order valence-corrected chi connectivity index (χ3v) is 5.50. The van der Waals surface area contributed by atoms with Gasteiger partial charge in [0.25, 0.3) is 11.7 Å². The molecule has 1 atom stereocenters. The van der Waals surface area contributed by atoms with Crippen molar-refractivity contribution in [2.24, 2.45) is 5.14 Å². The van der Waals surface area contributed by atoms with Crippen LogP contribution >= 0.6 is 11.6 Å². The van der Waals surface area contributed by atoms with Crippen LogP contribution in [0, 0.1) is 5.82 Å². The van der Waals surface area contributed by atoms with Crippen molar-refractivity contribution >= 4 is 39.3 Å². The number of rotatable bonds is 5. The summed E-state index contributed by atoms with van der Waals surface area (Å²) in [6.07, 6.45) is -1.29. The molecule has 0 saturated carbocycles. The van der Waals surface area contributed by atoms with Crippen molar-refractivity contribution in [3.8, 4) is 0 Å². The molecule has 1 aliphatic rings. The van der Waals surface area contributed by atoms with Gasteiger partial charge < -0.3 is 20.1 Å². The molecule has 0 radical (unpaired) electrons. The molecule has 160 valence electrons. The monoisotopic (exact) mass is 457 g/mol. The van der Waals surface area contributed by atoms with Gasteiger partial charge in [-0.2, -0.15) is 0 Å². The molecule has 1 unspecified atom stereocenters. The molecule has 4 N–H and O–H groups in total. The zero-order valence-corrected chi connectivity index (χ0v) is 16.9. The van der Waals surface area contributed by atoms with Crippen LogP contribution in [0.2, 0.25) is 5.02 Å². The lowest BCUT2D eigenvalue weighted by atomic mass is 10.2. The molecular weight excluding hydrogens is 441 g/mol. The van der Waals surface area contributed by atoms with Crippen LogP contribution in [0.15, 0.2) is 47.4 Å². The molecule has 2 aromatic rings. The van der Waals surface area contributed by atoms with E-state index in [1.54, 1.807) is 0 Å². The van der Waals surface area contributed by atoms with E-state index in [0.717, 1.165) is 17.0 Å². The van der Waals surface area contributed by atoms with Gasteiger partial charge in [0.1, 0.15) is 5.82 Å². The molecule has 12 heteroatoms. The van der Waals surface area contributed by atoms with Gasteiger partial charge >= 0.3 is 6.09 Å². The van der Waals surface area contributed by atoms with Crippen molar-refractivity contribution < 1.29 is 32.2 Å². The van der Waals surface area contributed by atoms with Gasteiger partial charge in [0, 0.05) is 30.2 Å². The first kappa shape index (κ1) is 22.0. The smallest absolute Gasteiger partial charge is 0.407 e. The number of benzene rings is 2. The first-order chi connectivity index (χ1) is 14.0. The Kier molecular flexibility index (Phi) is 5.99. The second kappa shape index (κ2) is 8.19. The van der Waals surface area contributed by atoms with Crippen LogP contribution in [0.5, 0.6) is 0 Å². The summed E-state index contributed by atoms with van der Waals surface area (Å²) in [7, 11) is -3.89. The molecule has 1 fully saturated rings. The van der Waals surface area contributed by atoms with Crippen LogP contribution < -0.4 is 15.4 Å². The van der Waals surface area contributed by atoms with Gasteiger partial charge in [-0.05, 0) is 48.0 Å².